The SMILES string of the molecule is Cl.O=C(Nc1nccs1)[C@@H](c1ccccc1)n1cc2ccc(-c3ccc(N4CCNCC4)nc3)cc2n1. The van der Waals surface area contributed by atoms with Crippen molar-refractivity contribution >= 4 is 51.5 Å². The molecule has 1 atom stereocenters. The third-order valence-electron chi connectivity index (χ3n) is 6.34. The summed E-state index contributed by atoms with van der Waals surface area (Å²) in [5.74, 6) is 0.819. The summed E-state index contributed by atoms with van der Waals surface area (Å²) in [7, 11) is 0. The Morgan fingerprint density at radius 3 is 2.54 bits per heavy atom. The number of carbonyl (C=O) groups excluding carboxylic acids is 1. The maximum atomic E-state index is 13.3. The number of nitrogens with zero attached hydrogens (tertiary/aromatic N) is 5. The molecule has 2 N–H and O–H groups in total. The molecule has 5 aromatic rings. The van der Waals surface area contributed by atoms with Gasteiger partial charge in [-0.05, 0) is 29.3 Å². The Labute approximate surface area is 224 Å². The largest absolute Gasteiger partial charge is 0.354 e. The van der Waals surface area contributed by atoms with E-state index in [1.54, 1.807) is 10.9 Å². The predicted octanol–water partition coefficient (Wildman–Crippen LogP) is 4.61. The molecule has 4 heterocycles. The number of aromatic nitrogens is 4. The van der Waals surface area contributed by atoms with Crippen molar-refractivity contribution in [3.05, 3.63) is 90.2 Å². The van der Waals surface area contributed by atoms with Crippen LogP contribution in [0.15, 0.2) is 84.6 Å². The fourth-order valence-electron chi connectivity index (χ4n) is 4.50. The topological polar surface area (TPSA) is 88.0 Å². The van der Waals surface area contributed by atoms with Gasteiger partial charge in [-0.2, -0.15) is 5.10 Å². The molecule has 2 aromatic carbocycles. The van der Waals surface area contributed by atoms with Crippen LogP contribution in [0.25, 0.3) is 22.0 Å². The number of piperazine rings is 1. The van der Waals surface area contributed by atoms with Gasteiger partial charge >= 0.3 is 0 Å². The van der Waals surface area contributed by atoms with Crippen LogP contribution in [0.3, 0.4) is 0 Å². The smallest absolute Gasteiger partial charge is 0.255 e. The second kappa shape index (κ2) is 11.1. The van der Waals surface area contributed by atoms with Gasteiger partial charge in [0.2, 0.25) is 0 Å². The van der Waals surface area contributed by atoms with Crippen LogP contribution in [0.4, 0.5) is 10.9 Å². The zero-order chi connectivity index (χ0) is 24.3. The average Bonchev–Trinajstić information content (AvgIpc) is 3.59. The molecule has 0 aliphatic carbocycles. The molecular weight excluding hydrogens is 506 g/mol. The third-order valence-corrected chi connectivity index (χ3v) is 7.03. The number of nitrogens with one attached hydrogen (secondary N) is 2. The number of halogens is 1. The summed E-state index contributed by atoms with van der Waals surface area (Å²) in [6, 6.07) is 19.4. The van der Waals surface area contributed by atoms with Gasteiger partial charge in [-0.15, -0.1) is 23.7 Å². The number of pyridine rings is 1. The van der Waals surface area contributed by atoms with Gasteiger partial charge in [-0.3, -0.25) is 14.8 Å². The number of fused-ring (bicyclic) bond motifs is 1. The van der Waals surface area contributed by atoms with Gasteiger partial charge in [-0.25, -0.2) is 9.97 Å². The number of carbonyl (C=O) groups is 1. The normalized spacial score (nSPS) is 14.2. The Hall–Kier alpha value is -3.79. The molecule has 0 bridgehead atoms. The summed E-state index contributed by atoms with van der Waals surface area (Å²) in [5.41, 5.74) is 3.75. The van der Waals surface area contributed by atoms with E-state index in [1.807, 2.05) is 60.2 Å². The molecule has 8 nitrogen and oxygen atoms in total. The van der Waals surface area contributed by atoms with E-state index in [-0.39, 0.29) is 18.3 Å². The molecule has 1 aliphatic heterocycles. The Kier molecular flexibility index (Phi) is 7.45. The second-order valence-corrected chi connectivity index (χ2v) is 9.56. The van der Waals surface area contributed by atoms with E-state index in [9.17, 15) is 4.79 Å². The molecule has 0 radical (unpaired) electrons. The molecule has 1 amide bonds. The minimum Gasteiger partial charge on any atom is -0.354 e. The highest BCUT2D eigenvalue weighted by atomic mass is 35.5. The van der Waals surface area contributed by atoms with Gasteiger partial charge in [-0.1, -0.05) is 42.5 Å². The highest BCUT2D eigenvalue weighted by Crippen LogP contribution is 2.28. The Morgan fingerprint density at radius 2 is 1.81 bits per heavy atom. The molecule has 1 aliphatic rings. The monoisotopic (exact) mass is 531 g/mol. The summed E-state index contributed by atoms with van der Waals surface area (Å²) in [4.78, 5) is 24.5. The molecule has 1 saturated heterocycles. The predicted molar refractivity (Wildman–Crippen MR) is 151 cm³/mol. The van der Waals surface area contributed by atoms with Crippen molar-refractivity contribution in [2.24, 2.45) is 0 Å². The van der Waals surface area contributed by atoms with Crippen LogP contribution >= 0.6 is 23.7 Å². The number of anilines is 2. The lowest BCUT2D eigenvalue weighted by atomic mass is 10.1. The van der Waals surface area contributed by atoms with Crippen molar-refractivity contribution in [2.45, 2.75) is 6.04 Å². The van der Waals surface area contributed by atoms with Crippen molar-refractivity contribution in [1.82, 2.24) is 25.1 Å². The highest BCUT2D eigenvalue weighted by molar-refractivity contribution is 7.13. The Morgan fingerprint density at radius 1 is 1.00 bits per heavy atom. The van der Waals surface area contributed by atoms with Crippen molar-refractivity contribution in [1.29, 1.82) is 0 Å². The van der Waals surface area contributed by atoms with E-state index >= 15 is 0 Å². The van der Waals surface area contributed by atoms with Gasteiger partial charge in [0.15, 0.2) is 11.2 Å². The zero-order valence-corrected chi connectivity index (χ0v) is 21.6. The molecule has 188 valence electrons. The summed E-state index contributed by atoms with van der Waals surface area (Å²) in [6.07, 6.45) is 5.51. The molecule has 6 rings (SSSR count). The molecule has 3 aromatic heterocycles. The van der Waals surface area contributed by atoms with E-state index in [0.29, 0.717) is 5.13 Å². The molecule has 10 heteroatoms. The molecule has 0 spiro atoms. The number of amides is 1. The van der Waals surface area contributed by atoms with E-state index in [4.69, 9.17) is 10.1 Å². The van der Waals surface area contributed by atoms with Crippen LogP contribution in [0.5, 0.6) is 0 Å². The van der Waals surface area contributed by atoms with E-state index < -0.39 is 6.04 Å². The van der Waals surface area contributed by atoms with E-state index in [2.05, 4.69) is 38.7 Å². The first kappa shape index (κ1) is 24.9. The first-order chi connectivity index (χ1) is 17.7. The van der Waals surface area contributed by atoms with Crippen LogP contribution in [0, 0.1) is 0 Å². The standard InChI is InChI=1S/C27H25N7OS.ClH/c35-26(31-27-29-12-15-36-27)25(19-4-2-1-3-5-19)34-18-22-7-6-20(16-23(22)32-34)21-8-9-24(30-17-21)33-13-10-28-11-14-33;/h1-9,12,15-18,25,28H,10-11,13-14H2,(H,29,31,35);1H/t25-;/m1./s1. The van der Waals surface area contributed by atoms with Gasteiger partial charge in [0.25, 0.3) is 5.91 Å². The number of rotatable bonds is 6. The lowest BCUT2D eigenvalue weighted by Gasteiger charge is -2.28. The third kappa shape index (κ3) is 5.34. The Balaban J connectivity index is 0.00000280. The summed E-state index contributed by atoms with van der Waals surface area (Å²) >= 11 is 1.39. The summed E-state index contributed by atoms with van der Waals surface area (Å²) in [6.45, 7) is 3.89. The molecule has 1 fully saturated rings. The van der Waals surface area contributed by atoms with Gasteiger partial charge in [0.1, 0.15) is 5.82 Å². The number of thiazole rings is 1. The van der Waals surface area contributed by atoms with Gasteiger partial charge in [0, 0.05) is 61.1 Å². The van der Waals surface area contributed by atoms with E-state index in [0.717, 1.165) is 59.6 Å². The van der Waals surface area contributed by atoms with Crippen LogP contribution < -0.4 is 15.5 Å². The molecule has 0 unspecified atom stereocenters. The fraction of sp³-hybridized carbons (Fsp3) is 0.185. The van der Waals surface area contributed by atoms with Gasteiger partial charge in [0.05, 0.1) is 5.52 Å². The van der Waals surface area contributed by atoms with Crippen molar-refractivity contribution in [3.8, 4) is 11.1 Å². The zero-order valence-electron chi connectivity index (χ0n) is 19.9. The first-order valence-electron chi connectivity index (χ1n) is 11.9. The highest BCUT2D eigenvalue weighted by Gasteiger charge is 2.25. The summed E-state index contributed by atoms with van der Waals surface area (Å²) in [5, 5.41) is 14.5. The number of hydrogen-bond donors (Lipinski definition) is 2. The minimum atomic E-state index is -0.620. The number of hydrogen-bond acceptors (Lipinski definition) is 7. The van der Waals surface area contributed by atoms with Crippen LogP contribution in [-0.4, -0.2) is 51.8 Å². The quantitative estimate of drug-likeness (QED) is 0.332. The van der Waals surface area contributed by atoms with Crippen molar-refractivity contribution in [2.75, 3.05) is 36.4 Å². The number of benzene rings is 2. The van der Waals surface area contributed by atoms with Crippen molar-refractivity contribution in [3.63, 3.8) is 0 Å². The van der Waals surface area contributed by atoms with E-state index in [1.165, 1.54) is 11.3 Å². The summed E-state index contributed by atoms with van der Waals surface area (Å²) < 4.78 is 1.73. The second-order valence-electron chi connectivity index (χ2n) is 8.66. The lowest BCUT2D eigenvalue weighted by Crippen LogP contribution is -2.43. The first-order valence-corrected chi connectivity index (χ1v) is 12.8. The molecule has 37 heavy (non-hydrogen) atoms. The van der Waals surface area contributed by atoms with Crippen LogP contribution in [0.2, 0.25) is 0 Å². The maximum Gasteiger partial charge on any atom is 0.255 e. The molecule has 0 saturated carbocycles. The average molecular weight is 532 g/mol. The fourth-order valence-corrected chi connectivity index (χ4v) is 5.04. The van der Waals surface area contributed by atoms with Crippen LogP contribution in [0.1, 0.15) is 11.6 Å². The molecular formula is C27H26ClN7OS. The van der Waals surface area contributed by atoms with Crippen LogP contribution in [-0.2, 0) is 4.79 Å². The Bertz CT molecular complexity index is 1470. The maximum absolute atomic E-state index is 13.3. The van der Waals surface area contributed by atoms with Gasteiger partial charge < -0.3 is 10.2 Å². The minimum absolute atomic E-state index is 0. The van der Waals surface area contributed by atoms with Crippen molar-refractivity contribution < 1.29 is 4.79 Å². The lowest BCUT2D eigenvalue weighted by molar-refractivity contribution is -0.118.